The zero-order valence-electron chi connectivity index (χ0n) is 14.1. The number of aliphatic imine (C=N–C) groups is 1. The van der Waals surface area contributed by atoms with Crippen LogP contribution in [0.4, 0.5) is 5.69 Å². The lowest BCUT2D eigenvalue weighted by Gasteiger charge is -2.09. The van der Waals surface area contributed by atoms with Crippen LogP contribution >= 0.6 is 34.7 Å². The van der Waals surface area contributed by atoms with E-state index in [9.17, 15) is 0 Å². The molecule has 0 aliphatic carbocycles. The fraction of sp³-hybridized carbons (Fsp3) is 0. The predicted molar refractivity (Wildman–Crippen MR) is 115 cm³/mol. The van der Waals surface area contributed by atoms with Crippen LogP contribution in [0.2, 0.25) is 5.02 Å². The largest absolute Gasteiger partial charge is 0.247 e. The summed E-state index contributed by atoms with van der Waals surface area (Å²) >= 11 is 9.48. The van der Waals surface area contributed by atoms with E-state index in [4.69, 9.17) is 16.6 Å². The Morgan fingerprint density at radius 2 is 1.63 bits per heavy atom. The summed E-state index contributed by atoms with van der Waals surface area (Å²) in [5, 5.41) is 3.73. The molecular formula is C22H13ClN2S2. The van der Waals surface area contributed by atoms with Crippen LogP contribution in [0, 0.1) is 0 Å². The van der Waals surface area contributed by atoms with E-state index in [1.807, 2.05) is 35.8 Å². The van der Waals surface area contributed by atoms with Crippen molar-refractivity contribution in [2.24, 2.45) is 4.99 Å². The minimum atomic E-state index is 0.724. The van der Waals surface area contributed by atoms with Gasteiger partial charge in [0.05, 0.1) is 11.4 Å². The molecule has 27 heavy (non-hydrogen) atoms. The van der Waals surface area contributed by atoms with Gasteiger partial charge in [-0.05, 0) is 30.3 Å². The van der Waals surface area contributed by atoms with Crippen molar-refractivity contribution in [3.05, 3.63) is 94.5 Å². The topological polar surface area (TPSA) is 25.2 Å². The monoisotopic (exact) mass is 404 g/mol. The van der Waals surface area contributed by atoms with E-state index in [1.165, 1.54) is 4.90 Å². The molecule has 1 aliphatic rings. The molecule has 0 N–H and O–H groups in total. The Bertz CT molecular complexity index is 1150. The number of halogens is 1. The van der Waals surface area contributed by atoms with Gasteiger partial charge in [0.15, 0.2) is 0 Å². The molecular weight excluding hydrogens is 392 g/mol. The summed E-state index contributed by atoms with van der Waals surface area (Å²) in [5.41, 5.74) is 5.21. The maximum Gasteiger partial charge on any atom is 0.123 e. The molecule has 0 saturated carbocycles. The van der Waals surface area contributed by atoms with Gasteiger partial charge in [0.25, 0.3) is 0 Å². The molecule has 5 rings (SSSR count). The third-order valence-electron chi connectivity index (χ3n) is 4.35. The van der Waals surface area contributed by atoms with Gasteiger partial charge in [-0.15, -0.1) is 11.3 Å². The van der Waals surface area contributed by atoms with Crippen molar-refractivity contribution in [2.75, 3.05) is 0 Å². The third-order valence-corrected chi connectivity index (χ3v) is 6.57. The van der Waals surface area contributed by atoms with Crippen molar-refractivity contribution in [2.45, 2.75) is 9.79 Å². The Hall–Kier alpha value is -2.40. The lowest BCUT2D eigenvalue weighted by Crippen LogP contribution is -2.03. The molecule has 0 saturated heterocycles. The molecule has 4 aromatic rings. The van der Waals surface area contributed by atoms with E-state index in [0.717, 1.165) is 43.0 Å². The van der Waals surface area contributed by atoms with Crippen molar-refractivity contribution in [1.82, 2.24) is 4.98 Å². The summed E-state index contributed by atoms with van der Waals surface area (Å²) in [6.45, 7) is 0. The van der Waals surface area contributed by atoms with Gasteiger partial charge < -0.3 is 0 Å². The number of benzene rings is 3. The van der Waals surface area contributed by atoms with Gasteiger partial charge in [-0.25, -0.2) is 9.98 Å². The van der Waals surface area contributed by atoms with Gasteiger partial charge >= 0.3 is 0 Å². The summed E-state index contributed by atoms with van der Waals surface area (Å²) in [7, 11) is 0. The van der Waals surface area contributed by atoms with Crippen LogP contribution in [0.25, 0.3) is 10.6 Å². The minimum Gasteiger partial charge on any atom is -0.247 e. The molecule has 1 aromatic heterocycles. The molecule has 1 aliphatic heterocycles. The van der Waals surface area contributed by atoms with E-state index in [0.29, 0.717) is 0 Å². The maximum atomic E-state index is 6.09. The number of rotatable bonds is 2. The lowest BCUT2D eigenvalue weighted by atomic mass is 10.0. The highest BCUT2D eigenvalue weighted by molar-refractivity contribution is 7.99. The molecule has 2 heterocycles. The highest BCUT2D eigenvalue weighted by Crippen LogP contribution is 2.43. The number of fused-ring (bicyclic) bond motifs is 2. The quantitative estimate of drug-likeness (QED) is 0.313. The number of aromatic nitrogens is 1. The van der Waals surface area contributed by atoms with Gasteiger partial charge in [0.2, 0.25) is 0 Å². The average molecular weight is 405 g/mol. The summed E-state index contributed by atoms with van der Waals surface area (Å²) in [5.74, 6) is 0. The molecule has 0 atom stereocenters. The highest BCUT2D eigenvalue weighted by Gasteiger charge is 2.19. The zero-order chi connectivity index (χ0) is 18.2. The van der Waals surface area contributed by atoms with Crippen LogP contribution < -0.4 is 0 Å². The summed E-state index contributed by atoms with van der Waals surface area (Å²) < 4.78 is 0. The van der Waals surface area contributed by atoms with Crippen LogP contribution in [-0.4, -0.2) is 10.7 Å². The zero-order valence-corrected chi connectivity index (χ0v) is 16.5. The molecule has 3 aromatic carbocycles. The molecule has 0 unspecified atom stereocenters. The van der Waals surface area contributed by atoms with E-state index in [2.05, 4.69) is 47.4 Å². The molecule has 0 radical (unpaired) electrons. The van der Waals surface area contributed by atoms with Gasteiger partial charge in [-0.3, -0.25) is 0 Å². The summed E-state index contributed by atoms with van der Waals surface area (Å²) in [6, 6.07) is 22.7. The summed E-state index contributed by atoms with van der Waals surface area (Å²) in [6.07, 6.45) is 1.83. The molecule has 130 valence electrons. The van der Waals surface area contributed by atoms with Crippen LogP contribution in [0.3, 0.4) is 0 Å². The fourth-order valence-electron chi connectivity index (χ4n) is 3.07. The predicted octanol–water partition coefficient (Wildman–Crippen LogP) is 7.10. The van der Waals surface area contributed by atoms with Crippen molar-refractivity contribution in [1.29, 1.82) is 0 Å². The second-order valence-corrected chi connectivity index (χ2v) is 8.50. The maximum absolute atomic E-state index is 6.09. The molecule has 0 bridgehead atoms. The van der Waals surface area contributed by atoms with Crippen molar-refractivity contribution in [3.8, 4) is 10.6 Å². The van der Waals surface area contributed by atoms with Crippen LogP contribution in [0.1, 0.15) is 11.1 Å². The number of nitrogens with zero attached hydrogens (tertiary/aromatic N) is 2. The minimum absolute atomic E-state index is 0.724. The van der Waals surface area contributed by atoms with Crippen molar-refractivity contribution >= 4 is 46.1 Å². The average Bonchev–Trinajstić information content (AvgIpc) is 3.18. The van der Waals surface area contributed by atoms with Crippen LogP contribution in [0.5, 0.6) is 0 Å². The van der Waals surface area contributed by atoms with Gasteiger partial charge in [0.1, 0.15) is 5.01 Å². The van der Waals surface area contributed by atoms with E-state index < -0.39 is 0 Å². The second kappa shape index (κ2) is 6.97. The highest BCUT2D eigenvalue weighted by atomic mass is 35.5. The summed E-state index contributed by atoms with van der Waals surface area (Å²) in [4.78, 5) is 11.9. The molecule has 5 heteroatoms. The number of hydrogen-bond donors (Lipinski definition) is 0. The molecule has 0 spiro atoms. The first-order valence-electron chi connectivity index (χ1n) is 8.44. The standard InChI is InChI=1S/C22H13ClN2S2/c23-16-8-5-14(6-9-16)21-17-3-1-2-4-19(17)27-20-10-7-15(13-18(20)25-21)22-24-11-12-26-22/h1-13H. The molecule has 0 amide bonds. The van der Waals surface area contributed by atoms with Crippen LogP contribution in [0.15, 0.2) is 93.1 Å². The second-order valence-electron chi connectivity index (χ2n) is 6.09. The molecule has 0 fully saturated rings. The Morgan fingerprint density at radius 3 is 2.44 bits per heavy atom. The fourth-order valence-corrected chi connectivity index (χ4v) is 4.83. The normalized spacial score (nSPS) is 12.7. The van der Waals surface area contributed by atoms with Gasteiger partial charge in [-0.1, -0.05) is 59.8 Å². The Labute approximate surface area is 170 Å². The van der Waals surface area contributed by atoms with Crippen molar-refractivity contribution in [3.63, 3.8) is 0 Å². The lowest BCUT2D eigenvalue weighted by molar-refractivity contribution is 1.35. The Balaban J connectivity index is 1.72. The number of thiazole rings is 1. The van der Waals surface area contributed by atoms with E-state index in [1.54, 1.807) is 23.1 Å². The molecule has 2 nitrogen and oxygen atoms in total. The van der Waals surface area contributed by atoms with Gasteiger partial charge in [-0.2, -0.15) is 0 Å². The number of hydrogen-bond acceptors (Lipinski definition) is 4. The smallest absolute Gasteiger partial charge is 0.123 e. The van der Waals surface area contributed by atoms with E-state index in [-0.39, 0.29) is 0 Å². The van der Waals surface area contributed by atoms with E-state index >= 15 is 0 Å². The third kappa shape index (κ3) is 3.21. The first kappa shape index (κ1) is 16.8. The Kier molecular flexibility index (Phi) is 4.32. The SMILES string of the molecule is Clc1ccc(C2=Nc3cc(-c4nccs4)ccc3Sc3ccccc32)cc1. The Morgan fingerprint density at radius 1 is 0.815 bits per heavy atom. The van der Waals surface area contributed by atoms with Crippen molar-refractivity contribution < 1.29 is 0 Å². The first-order chi connectivity index (χ1) is 13.3. The van der Waals surface area contributed by atoms with Crippen LogP contribution in [-0.2, 0) is 0 Å². The van der Waals surface area contributed by atoms with Gasteiger partial charge in [0, 0.05) is 43.1 Å². The first-order valence-corrected chi connectivity index (χ1v) is 10.5.